The topological polar surface area (TPSA) is 67.2 Å². The molecule has 1 aliphatic rings. The van der Waals surface area contributed by atoms with Crippen LogP contribution in [0.3, 0.4) is 0 Å². The lowest BCUT2D eigenvalue weighted by Crippen LogP contribution is -2.29. The number of benzene rings is 4. The lowest BCUT2D eigenvalue weighted by molar-refractivity contribution is 0.229. The summed E-state index contributed by atoms with van der Waals surface area (Å²) in [6.07, 6.45) is 18.7. The number of aryl methyl sites for hydroxylation is 1. The summed E-state index contributed by atoms with van der Waals surface area (Å²) in [6.45, 7) is 18.0. The second-order valence-electron chi connectivity index (χ2n) is 17.9. The second-order valence-corrected chi connectivity index (χ2v) is 18.1. The minimum absolute atomic E-state index is 0.830. The molecular weight excluding hydrogens is 789 g/mol. The lowest BCUT2D eigenvalue weighted by atomic mass is 9.95. The number of nitrogens with zero attached hydrogens (tertiary/aromatic N) is 2. The molecule has 344 valence electrons. The first-order valence-corrected chi connectivity index (χ1v) is 24.7. The van der Waals surface area contributed by atoms with Gasteiger partial charge in [-0.1, -0.05) is 182 Å². The summed E-state index contributed by atoms with van der Waals surface area (Å²) in [7, 11) is 3.29. The van der Waals surface area contributed by atoms with Crippen molar-refractivity contribution in [1.82, 2.24) is 14.9 Å². The normalized spacial score (nSPS) is 12.6. The van der Waals surface area contributed by atoms with Gasteiger partial charge in [0, 0.05) is 16.7 Å². The summed E-state index contributed by atoms with van der Waals surface area (Å²) < 4.78 is 5.54. The summed E-state index contributed by atoms with van der Waals surface area (Å²) in [6, 6.07) is 37.2. The van der Waals surface area contributed by atoms with E-state index in [0.29, 0.717) is 0 Å². The molecule has 0 saturated heterocycles. The van der Waals surface area contributed by atoms with Crippen LogP contribution in [-0.4, -0.2) is 48.7 Å². The van der Waals surface area contributed by atoms with Gasteiger partial charge >= 0.3 is 0 Å². The molecule has 6 heteroatoms. The van der Waals surface area contributed by atoms with Gasteiger partial charge in [-0.3, -0.25) is 0 Å². The largest absolute Gasteiger partial charge is 0.496 e. The second kappa shape index (κ2) is 31.7. The highest BCUT2D eigenvalue weighted by atomic mass is 32.1. The van der Waals surface area contributed by atoms with Crippen molar-refractivity contribution < 1.29 is 4.74 Å². The number of hydrogen-bond acceptors (Lipinski definition) is 5. The van der Waals surface area contributed by atoms with Crippen molar-refractivity contribution in [3.63, 3.8) is 0 Å². The smallest absolute Gasteiger partial charge is 0.138 e. The standard InChI is InChI=1S/C31H57NO.C21H16N2.C4H6S.CH5N/c1-8-22-32(24-21-28(5)25-26(2)3)23-20-27(4)16-13-11-9-10-12-14-18-30-29(6)17-15-19-31(30)33-7;1-4-10-16(11-5-1)19-20(17-12-6-2-7-13-17)23-21(22-19)18-14-8-3-9-15-18;5-3-4-1-2-4;1-2/h15,17,19,26-28H,8-14,16,18,20-25H2,1-7H3;1-15H,(H,22,23);3,5H,1-2H2;2H2,1H3/t27?,28-;;;/m1.../s1. The van der Waals surface area contributed by atoms with E-state index < -0.39 is 0 Å². The van der Waals surface area contributed by atoms with E-state index in [4.69, 9.17) is 9.72 Å². The molecule has 5 nitrogen and oxygen atoms in total. The van der Waals surface area contributed by atoms with E-state index in [1.54, 1.807) is 7.11 Å². The first kappa shape index (κ1) is 53.2. The molecule has 1 heterocycles. The Kier molecular flexibility index (Phi) is 26.8. The molecule has 1 fully saturated rings. The number of thiol groups is 1. The number of ether oxygens (including phenoxy) is 1. The Morgan fingerprint density at radius 3 is 1.78 bits per heavy atom. The van der Waals surface area contributed by atoms with Gasteiger partial charge in [0.1, 0.15) is 11.6 Å². The van der Waals surface area contributed by atoms with Crippen molar-refractivity contribution in [2.45, 2.75) is 131 Å². The molecule has 6 rings (SSSR count). The Morgan fingerprint density at radius 1 is 0.683 bits per heavy atom. The zero-order chi connectivity index (χ0) is 45.7. The van der Waals surface area contributed by atoms with E-state index in [-0.39, 0.29) is 0 Å². The average Bonchev–Trinajstić information content (AvgIpc) is 4.06. The van der Waals surface area contributed by atoms with Crippen molar-refractivity contribution >= 4 is 12.6 Å². The molecule has 4 aromatic carbocycles. The number of imidazole rings is 1. The van der Waals surface area contributed by atoms with Crippen molar-refractivity contribution in [3.05, 3.63) is 131 Å². The molecule has 3 N–H and O–H groups in total. The number of nitrogens with one attached hydrogen (secondary N) is 1. The number of H-pyrrole nitrogens is 1. The van der Waals surface area contributed by atoms with E-state index in [2.05, 4.69) is 124 Å². The Bertz CT molecular complexity index is 1860. The van der Waals surface area contributed by atoms with Gasteiger partial charge < -0.3 is 20.4 Å². The highest BCUT2D eigenvalue weighted by Crippen LogP contribution is 2.33. The van der Waals surface area contributed by atoms with Crippen LogP contribution in [0.25, 0.3) is 33.9 Å². The van der Waals surface area contributed by atoms with Crippen LogP contribution in [0.4, 0.5) is 0 Å². The number of aromatic nitrogens is 2. The van der Waals surface area contributed by atoms with E-state index in [1.165, 1.54) is 127 Å². The first-order chi connectivity index (χ1) is 30.7. The van der Waals surface area contributed by atoms with Crippen LogP contribution in [0.2, 0.25) is 0 Å². The third-order valence-electron chi connectivity index (χ3n) is 11.8. The summed E-state index contributed by atoms with van der Waals surface area (Å²) in [4.78, 5) is 11.1. The van der Waals surface area contributed by atoms with Gasteiger partial charge in [-0.25, -0.2) is 4.98 Å². The van der Waals surface area contributed by atoms with Gasteiger partial charge in [0.2, 0.25) is 0 Å². The summed E-state index contributed by atoms with van der Waals surface area (Å²) in [5.41, 5.74) is 14.1. The summed E-state index contributed by atoms with van der Waals surface area (Å²) in [5.74, 6) is 4.51. The highest BCUT2D eigenvalue weighted by molar-refractivity contribution is 7.83. The monoisotopic (exact) mass is 873 g/mol. The summed E-state index contributed by atoms with van der Waals surface area (Å²) in [5, 5.41) is 1.89. The minimum Gasteiger partial charge on any atom is -0.496 e. The average molecular weight is 873 g/mol. The Balaban J connectivity index is 0.000000301. The van der Waals surface area contributed by atoms with E-state index in [1.807, 2.05) is 60.0 Å². The maximum Gasteiger partial charge on any atom is 0.138 e. The SMILES string of the molecule is CCCN(CCC(C)CCCCCCCCc1c(C)cccc1OC)CC[C@@H](C)CC(C)C.CN.SC=C1CC1.c1ccc(-c2nc(-c3ccccc3)c(-c3ccccc3)[nH]2)cc1. The van der Waals surface area contributed by atoms with Gasteiger partial charge in [-0.2, -0.15) is 12.6 Å². The number of hydrogen-bond donors (Lipinski definition) is 3. The molecule has 1 saturated carbocycles. The van der Waals surface area contributed by atoms with Gasteiger partial charge in [0.05, 0.1) is 18.5 Å². The van der Waals surface area contributed by atoms with Crippen molar-refractivity contribution in [3.8, 4) is 39.7 Å². The fourth-order valence-electron chi connectivity index (χ4n) is 8.14. The number of methoxy groups -OCH3 is 1. The fourth-order valence-corrected chi connectivity index (χ4v) is 8.40. The van der Waals surface area contributed by atoms with Crippen LogP contribution in [-0.2, 0) is 6.42 Å². The molecule has 1 aromatic heterocycles. The number of unbranched alkanes of at least 4 members (excludes halogenated alkanes) is 5. The van der Waals surface area contributed by atoms with Gasteiger partial charge in [0.15, 0.2) is 0 Å². The quantitative estimate of drug-likeness (QED) is 0.0452. The van der Waals surface area contributed by atoms with Crippen LogP contribution in [0.5, 0.6) is 5.75 Å². The predicted molar refractivity (Wildman–Crippen MR) is 279 cm³/mol. The number of rotatable bonds is 23. The fraction of sp³-hybridized carbons (Fsp3) is 0.491. The highest BCUT2D eigenvalue weighted by Gasteiger charge is 2.15. The molecule has 0 bridgehead atoms. The third kappa shape index (κ3) is 21.0. The van der Waals surface area contributed by atoms with Gasteiger partial charge in [-0.05, 0) is 125 Å². The maximum absolute atomic E-state index is 5.54. The molecule has 63 heavy (non-hydrogen) atoms. The van der Waals surface area contributed by atoms with E-state index in [0.717, 1.165) is 63.8 Å². The molecule has 0 amide bonds. The van der Waals surface area contributed by atoms with Crippen LogP contribution in [0.15, 0.2) is 120 Å². The Labute approximate surface area is 390 Å². The zero-order valence-corrected chi connectivity index (χ0v) is 41.4. The van der Waals surface area contributed by atoms with E-state index >= 15 is 0 Å². The number of allylic oxidation sites excluding steroid dienone is 1. The van der Waals surface area contributed by atoms with Crippen molar-refractivity contribution in [1.29, 1.82) is 0 Å². The zero-order valence-electron chi connectivity index (χ0n) is 40.5. The van der Waals surface area contributed by atoms with Crippen LogP contribution in [0, 0.1) is 24.7 Å². The van der Waals surface area contributed by atoms with E-state index in [9.17, 15) is 0 Å². The molecular formula is C57H84N4OS. The molecule has 0 aliphatic heterocycles. The number of aromatic amines is 1. The van der Waals surface area contributed by atoms with Crippen molar-refractivity contribution in [2.24, 2.45) is 23.5 Å². The minimum atomic E-state index is 0.830. The Hall–Kier alpha value is -4.10. The molecule has 1 unspecified atom stereocenters. The maximum atomic E-state index is 5.54. The number of nitrogens with two attached hydrogens (primary N) is 1. The van der Waals surface area contributed by atoms with Gasteiger partial charge in [0.25, 0.3) is 0 Å². The van der Waals surface area contributed by atoms with Crippen LogP contribution in [0.1, 0.15) is 129 Å². The summed E-state index contributed by atoms with van der Waals surface area (Å²) >= 11 is 3.92. The lowest BCUT2D eigenvalue weighted by Gasteiger charge is -2.25. The third-order valence-corrected chi connectivity index (χ3v) is 12.2. The molecule has 1 aliphatic carbocycles. The molecule has 2 atom stereocenters. The van der Waals surface area contributed by atoms with Crippen LogP contribution < -0.4 is 10.5 Å². The van der Waals surface area contributed by atoms with Crippen LogP contribution >= 0.6 is 12.6 Å². The molecule has 0 radical (unpaired) electrons. The van der Waals surface area contributed by atoms with Crippen molar-refractivity contribution in [2.75, 3.05) is 33.8 Å². The predicted octanol–water partition coefficient (Wildman–Crippen LogP) is 15.7. The first-order valence-electron chi connectivity index (χ1n) is 24.2. The Morgan fingerprint density at radius 2 is 1.24 bits per heavy atom. The van der Waals surface area contributed by atoms with Gasteiger partial charge in [-0.15, -0.1) is 0 Å². The molecule has 5 aromatic rings. The molecule has 0 spiro atoms.